The Kier molecular flexibility index (Phi) is 4.41. The number of nitrogens with one attached hydrogen (secondary N) is 1. The standard InChI is InChI=1S/C12H14FN5O2S/c1-3-9-10(4-2)16-17-12(15-9)18-21(19,20)11-8(13)6-5-7-14-11/h5-7H,3-4H2,1-2H3,(H,15,17,18). The van der Waals surface area contributed by atoms with Crippen LogP contribution in [0.1, 0.15) is 25.2 Å². The quantitative estimate of drug-likeness (QED) is 0.894. The van der Waals surface area contributed by atoms with Crippen LogP contribution in [0.5, 0.6) is 0 Å². The Bertz CT molecular complexity index is 751. The Morgan fingerprint density at radius 3 is 2.52 bits per heavy atom. The van der Waals surface area contributed by atoms with Gasteiger partial charge in [0.2, 0.25) is 5.03 Å². The van der Waals surface area contributed by atoms with E-state index in [9.17, 15) is 12.8 Å². The second-order valence-electron chi connectivity index (χ2n) is 4.13. The van der Waals surface area contributed by atoms with Crippen molar-refractivity contribution in [2.45, 2.75) is 31.7 Å². The van der Waals surface area contributed by atoms with Crippen LogP contribution in [0.25, 0.3) is 0 Å². The maximum absolute atomic E-state index is 13.5. The lowest BCUT2D eigenvalue weighted by atomic mass is 10.2. The van der Waals surface area contributed by atoms with Gasteiger partial charge in [-0.05, 0) is 25.0 Å². The molecular weight excluding hydrogens is 297 g/mol. The van der Waals surface area contributed by atoms with Gasteiger partial charge in [0.1, 0.15) is 0 Å². The van der Waals surface area contributed by atoms with Gasteiger partial charge in [0.15, 0.2) is 5.82 Å². The summed E-state index contributed by atoms with van der Waals surface area (Å²) in [4.78, 5) is 7.61. The van der Waals surface area contributed by atoms with E-state index in [4.69, 9.17) is 0 Å². The Morgan fingerprint density at radius 1 is 1.19 bits per heavy atom. The Labute approximate surface area is 121 Å². The number of sulfonamides is 1. The summed E-state index contributed by atoms with van der Waals surface area (Å²) in [6.45, 7) is 3.78. The van der Waals surface area contributed by atoms with Gasteiger partial charge in [0.25, 0.3) is 16.0 Å². The van der Waals surface area contributed by atoms with Crippen LogP contribution in [0.15, 0.2) is 23.4 Å². The third-order valence-electron chi connectivity index (χ3n) is 2.71. The predicted octanol–water partition coefficient (Wildman–Crippen LogP) is 1.33. The van der Waals surface area contributed by atoms with E-state index in [-0.39, 0.29) is 5.95 Å². The van der Waals surface area contributed by atoms with E-state index >= 15 is 0 Å². The van der Waals surface area contributed by atoms with Gasteiger partial charge >= 0.3 is 0 Å². The molecule has 0 aromatic carbocycles. The molecule has 0 amide bonds. The minimum absolute atomic E-state index is 0.200. The minimum Gasteiger partial charge on any atom is -0.244 e. The molecule has 112 valence electrons. The molecule has 2 rings (SSSR count). The zero-order valence-electron chi connectivity index (χ0n) is 11.5. The largest absolute Gasteiger partial charge is 0.284 e. The highest BCUT2D eigenvalue weighted by molar-refractivity contribution is 7.92. The molecule has 0 radical (unpaired) electrons. The third-order valence-corrected chi connectivity index (χ3v) is 3.97. The van der Waals surface area contributed by atoms with E-state index in [2.05, 4.69) is 24.9 Å². The SMILES string of the molecule is CCc1nnc(NS(=O)(=O)c2ncccc2F)nc1CC. The summed E-state index contributed by atoms with van der Waals surface area (Å²) in [5, 5.41) is 6.91. The lowest BCUT2D eigenvalue weighted by Gasteiger charge is -2.08. The number of hydrogen-bond donors (Lipinski definition) is 1. The molecular formula is C12H14FN5O2S. The Morgan fingerprint density at radius 2 is 1.90 bits per heavy atom. The van der Waals surface area contributed by atoms with E-state index < -0.39 is 20.9 Å². The summed E-state index contributed by atoms with van der Waals surface area (Å²) in [5.74, 6) is -1.15. The average molecular weight is 311 g/mol. The number of hydrogen-bond acceptors (Lipinski definition) is 6. The molecule has 0 aliphatic rings. The highest BCUT2D eigenvalue weighted by Crippen LogP contribution is 2.14. The normalized spacial score (nSPS) is 11.4. The van der Waals surface area contributed by atoms with Crippen molar-refractivity contribution in [3.05, 3.63) is 35.5 Å². The predicted molar refractivity (Wildman–Crippen MR) is 73.6 cm³/mol. The number of nitrogens with zero attached hydrogens (tertiary/aromatic N) is 4. The van der Waals surface area contributed by atoms with Crippen LogP contribution in [0.3, 0.4) is 0 Å². The number of halogens is 1. The molecule has 0 fully saturated rings. The number of aryl methyl sites for hydroxylation is 2. The molecule has 2 heterocycles. The van der Waals surface area contributed by atoms with Gasteiger partial charge in [-0.3, -0.25) is 0 Å². The Hall–Kier alpha value is -2.16. The second-order valence-corrected chi connectivity index (χ2v) is 5.73. The molecule has 0 aliphatic heterocycles. The second kappa shape index (κ2) is 6.08. The fourth-order valence-electron chi connectivity index (χ4n) is 1.72. The fraction of sp³-hybridized carbons (Fsp3) is 0.333. The van der Waals surface area contributed by atoms with Crippen molar-refractivity contribution in [3.63, 3.8) is 0 Å². The van der Waals surface area contributed by atoms with Crippen molar-refractivity contribution in [1.82, 2.24) is 20.2 Å². The van der Waals surface area contributed by atoms with Gasteiger partial charge < -0.3 is 0 Å². The molecule has 0 aliphatic carbocycles. The fourth-order valence-corrected chi connectivity index (χ4v) is 2.67. The molecule has 0 atom stereocenters. The Balaban J connectivity index is 2.35. The maximum atomic E-state index is 13.5. The van der Waals surface area contributed by atoms with Gasteiger partial charge in [0.05, 0.1) is 11.4 Å². The lowest BCUT2D eigenvalue weighted by Crippen LogP contribution is -2.19. The zero-order chi connectivity index (χ0) is 15.5. The molecule has 0 spiro atoms. The van der Waals surface area contributed by atoms with Crippen LogP contribution in [0, 0.1) is 5.82 Å². The summed E-state index contributed by atoms with van der Waals surface area (Å²) >= 11 is 0. The molecule has 0 bridgehead atoms. The van der Waals surface area contributed by atoms with Crippen LogP contribution >= 0.6 is 0 Å². The van der Waals surface area contributed by atoms with Gasteiger partial charge in [0, 0.05) is 6.20 Å². The first-order chi connectivity index (χ1) is 9.97. The molecule has 0 saturated carbocycles. The first-order valence-corrected chi connectivity index (χ1v) is 7.82. The van der Waals surface area contributed by atoms with Crippen molar-refractivity contribution in [1.29, 1.82) is 0 Å². The third kappa shape index (κ3) is 3.30. The lowest BCUT2D eigenvalue weighted by molar-refractivity contribution is 0.556. The minimum atomic E-state index is -4.19. The van der Waals surface area contributed by atoms with Crippen LogP contribution in [0.4, 0.5) is 10.3 Å². The van der Waals surface area contributed by atoms with Crippen LogP contribution in [-0.4, -0.2) is 28.6 Å². The molecule has 0 saturated heterocycles. The molecule has 7 nitrogen and oxygen atoms in total. The van der Waals surface area contributed by atoms with Crippen LogP contribution < -0.4 is 4.72 Å². The van der Waals surface area contributed by atoms with Crippen molar-refractivity contribution < 1.29 is 12.8 Å². The smallest absolute Gasteiger partial charge is 0.244 e. The maximum Gasteiger partial charge on any atom is 0.284 e. The van der Waals surface area contributed by atoms with Crippen LogP contribution in [-0.2, 0) is 22.9 Å². The summed E-state index contributed by atoms with van der Waals surface area (Å²) < 4.78 is 39.7. The van der Waals surface area contributed by atoms with Gasteiger partial charge in [-0.15, -0.1) is 10.2 Å². The average Bonchev–Trinajstić information content (AvgIpc) is 2.47. The van der Waals surface area contributed by atoms with Crippen molar-refractivity contribution in [3.8, 4) is 0 Å². The van der Waals surface area contributed by atoms with E-state index in [0.29, 0.717) is 24.2 Å². The van der Waals surface area contributed by atoms with E-state index in [0.717, 1.165) is 6.07 Å². The van der Waals surface area contributed by atoms with E-state index in [1.54, 1.807) is 0 Å². The molecule has 9 heteroatoms. The highest BCUT2D eigenvalue weighted by atomic mass is 32.2. The number of rotatable bonds is 5. The topological polar surface area (TPSA) is 97.7 Å². The molecule has 21 heavy (non-hydrogen) atoms. The first-order valence-electron chi connectivity index (χ1n) is 6.33. The van der Waals surface area contributed by atoms with Crippen LogP contribution in [0.2, 0.25) is 0 Å². The molecule has 0 unspecified atom stereocenters. The molecule has 2 aromatic rings. The summed E-state index contributed by atoms with van der Waals surface area (Å²) in [7, 11) is -4.19. The van der Waals surface area contributed by atoms with Crippen molar-refractivity contribution in [2.75, 3.05) is 4.72 Å². The van der Waals surface area contributed by atoms with Gasteiger partial charge in [-0.1, -0.05) is 13.8 Å². The van der Waals surface area contributed by atoms with Gasteiger partial charge in [-0.2, -0.15) is 8.42 Å². The number of anilines is 1. The van der Waals surface area contributed by atoms with Crippen molar-refractivity contribution >= 4 is 16.0 Å². The summed E-state index contributed by atoms with van der Waals surface area (Å²) in [6.07, 6.45) is 2.42. The molecule has 2 aromatic heterocycles. The van der Waals surface area contributed by atoms with E-state index in [1.807, 2.05) is 13.8 Å². The van der Waals surface area contributed by atoms with Gasteiger partial charge in [-0.25, -0.2) is 19.1 Å². The summed E-state index contributed by atoms with van der Waals surface area (Å²) in [5.41, 5.74) is 1.34. The zero-order valence-corrected chi connectivity index (χ0v) is 12.4. The van der Waals surface area contributed by atoms with E-state index in [1.165, 1.54) is 12.3 Å². The number of pyridine rings is 1. The first kappa shape index (κ1) is 15.2. The monoisotopic (exact) mass is 311 g/mol. The summed E-state index contributed by atoms with van der Waals surface area (Å²) in [6, 6.07) is 2.32. The van der Waals surface area contributed by atoms with Crippen molar-refractivity contribution in [2.24, 2.45) is 0 Å². The highest BCUT2D eigenvalue weighted by Gasteiger charge is 2.22. The number of aromatic nitrogens is 4. The molecule has 1 N–H and O–H groups in total.